The first kappa shape index (κ1) is 16.0. The Kier molecular flexibility index (Phi) is 5.24. The SMILES string of the molecule is O=[N+]([O-])c1cccc(C=NCN=Cc2cccc([N+](=O)[O-])c2)c1. The summed E-state index contributed by atoms with van der Waals surface area (Å²) in [5.74, 6) is 0. The van der Waals surface area contributed by atoms with Crippen molar-refractivity contribution in [1.82, 2.24) is 0 Å². The number of hydrogen-bond donors (Lipinski definition) is 0. The first-order valence-corrected chi connectivity index (χ1v) is 6.55. The van der Waals surface area contributed by atoms with Gasteiger partial charge in [-0.05, 0) is 11.1 Å². The molecule has 0 aliphatic rings. The first-order chi connectivity index (χ1) is 11.1. The molecule has 2 aromatic carbocycles. The minimum Gasteiger partial charge on any atom is -0.269 e. The van der Waals surface area contributed by atoms with E-state index in [0.717, 1.165) is 0 Å². The minimum atomic E-state index is -0.474. The summed E-state index contributed by atoms with van der Waals surface area (Å²) in [4.78, 5) is 28.4. The summed E-state index contributed by atoms with van der Waals surface area (Å²) in [7, 11) is 0. The highest BCUT2D eigenvalue weighted by Gasteiger charge is 2.04. The normalized spacial score (nSPS) is 11.1. The van der Waals surface area contributed by atoms with Crippen LogP contribution in [0.1, 0.15) is 11.1 Å². The Labute approximate surface area is 131 Å². The zero-order valence-electron chi connectivity index (χ0n) is 11.9. The van der Waals surface area contributed by atoms with Gasteiger partial charge in [-0.3, -0.25) is 30.2 Å². The fraction of sp³-hybridized carbons (Fsp3) is 0.0667. The van der Waals surface area contributed by atoms with Crippen LogP contribution >= 0.6 is 0 Å². The number of rotatable bonds is 6. The van der Waals surface area contributed by atoms with E-state index >= 15 is 0 Å². The number of nitro benzene ring substituents is 2. The maximum absolute atomic E-state index is 10.7. The van der Waals surface area contributed by atoms with Crippen LogP contribution in [0.3, 0.4) is 0 Å². The van der Waals surface area contributed by atoms with Gasteiger partial charge >= 0.3 is 0 Å². The van der Waals surface area contributed by atoms with Gasteiger partial charge in [-0.2, -0.15) is 0 Å². The lowest BCUT2D eigenvalue weighted by molar-refractivity contribution is -0.385. The fourth-order valence-electron chi connectivity index (χ4n) is 1.78. The lowest BCUT2D eigenvalue weighted by atomic mass is 10.2. The van der Waals surface area contributed by atoms with Crippen LogP contribution in [0.4, 0.5) is 11.4 Å². The van der Waals surface area contributed by atoms with Gasteiger partial charge in [-0.15, -0.1) is 0 Å². The van der Waals surface area contributed by atoms with Crippen LogP contribution in [-0.2, 0) is 0 Å². The number of aliphatic imine (C=N–C) groups is 2. The summed E-state index contributed by atoms with van der Waals surface area (Å²) in [6.45, 7) is 0.116. The highest BCUT2D eigenvalue weighted by Crippen LogP contribution is 2.12. The topological polar surface area (TPSA) is 111 Å². The second kappa shape index (κ2) is 7.55. The summed E-state index contributed by atoms with van der Waals surface area (Å²) in [5.41, 5.74) is 1.19. The molecule has 0 spiro atoms. The first-order valence-electron chi connectivity index (χ1n) is 6.55. The van der Waals surface area contributed by atoms with Gasteiger partial charge < -0.3 is 0 Å². The van der Waals surface area contributed by atoms with Crippen LogP contribution in [0.25, 0.3) is 0 Å². The van der Waals surface area contributed by atoms with Crippen molar-refractivity contribution in [2.24, 2.45) is 9.98 Å². The number of benzene rings is 2. The van der Waals surface area contributed by atoms with E-state index in [4.69, 9.17) is 0 Å². The van der Waals surface area contributed by atoms with E-state index in [0.29, 0.717) is 11.1 Å². The molecule has 0 N–H and O–H groups in total. The molecule has 0 saturated heterocycles. The Morgan fingerprint density at radius 2 is 1.26 bits per heavy atom. The fourth-order valence-corrected chi connectivity index (χ4v) is 1.78. The average Bonchev–Trinajstić information content (AvgIpc) is 2.55. The van der Waals surface area contributed by atoms with Gasteiger partial charge in [-0.25, -0.2) is 0 Å². The Morgan fingerprint density at radius 3 is 1.65 bits per heavy atom. The lowest BCUT2D eigenvalue weighted by Crippen LogP contribution is -1.91. The molecule has 0 saturated carbocycles. The van der Waals surface area contributed by atoms with Crippen LogP contribution in [-0.4, -0.2) is 28.9 Å². The van der Waals surface area contributed by atoms with Crippen LogP contribution in [0.2, 0.25) is 0 Å². The molecular formula is C15H12N4O4. The van der Waals surface area contributed by atoms with E-state index < -0.39 is 9.85 Å². The summed E-state index contributed by atoms with van der Waals surface area (Å²) in [6.07, 6.45) is 2.97. The van der Waals surface area contributed by atoms with Gasteiger partial charge in [-0.1, -0.05) is 24.3 Å². The van der Waals surface area contributed by atoms with E-state index in [1.807, 2.05) is 0 Å². The van der Waals surface area contributed by atoms with Crippen LogP contribution in [0.15, 0.2) is 58.5 Å². The van der Waals surface area contributed by atoms with Crippen molar-refractivity contribution in [3.8, 4) is 0 Å². The zero-order chi connectivity index (χ0) is 16.7. The van der Waals surface area contributed by atoms with Gasteiger partial charge in [0, 0.05) is 36.7 Å². The maximum Gasteiger partial charge on any atom is 0.270 e. The third-order valence-corrected chi connectivity index (χ3v) is 2.81. The number of hydrogen-bond acceptors (Lipinski definition) is 6. The molecule has 8 nitrogen and oxygen atoms in total. The number of nitrogens with zero attached hydrogens (tertiary/aromatic N) is 4. The molecule has 0 amide bonds. The van der Waals surface area contributed by atoms with E-state index in [-0.39, 0.29) is 18.0 Å². The van der Waals surface area contributed by atoms with Crippen molar-refractivity contribution in [2.45, 2.75) is 0 Å². The van der Waals surface area contributed by atoms with Crippen LogP contribution in [0, 0.1) is 20.2 Å². The van der Waals surface area contributed by atoms with E-state index in [2.05, 4.69) is 9.98 Å². The summed E-state index contributed by atoms with van der Waals surface area (Å²) >= 11 is 0. The molecule has 0 aromatic heterocycles. The second-order valence-electron chi connectivity index (χ2n) is 4.47. The highest BCUT2D eigenvalue weighted by molar-refractivity contribution is 5.82. The Morgan fingerprint density at radius 1 is 0.826 bits per heavy atom. The van der Waals surface area contributed by atoms with Crippen molar-refractivity contribution in [2.75, 3.05) is 6.67 Å². The quantitative estimate of drug-likeness (QED) is 0.463. The van der Waals surface area contributed by atoms with Gasteiger partial charge in [0.05, 0.1) is 9.85 Å². The molecule has 0 bridgehead atoms. The minimum absolute atomic E-state index is 0.00551. The van der Waals surface area contributed by atoms with Crippen molar-refractivity contribution in [3.63, 3.8) is 0 Å². The van der Waals surface area contributed by atoms with Crippen LogP contribution in [0.5, 0.6) is 0 Å². The largest absolute Gasteiger partial charge is 0.270 e. The molecule has 0 atom stereocenters. The van der Waals surface area contributed by atoms with Gasteiger partial charge in [0.25, 0.3) is 11.4 Å². The van der Waals surface area contributed by atoms with Gasteiger partial charge in [0.1, 0.15) is 6.67 Å². The average molecular weight is 312 g/mol. The lowest BCUT2D eigenvalue weighted by Gasteiger charge is -1.94. The maximum atomic E-state index is 10.7. The standard InChI is InChI=1S/C15H12N4O4/c20-18(21)14-5-1-3-12(7-14)9-16-11-17-10-13-4-2-6-15(8-13)19(22)23/h1-10H,11H2. The number of nitro groups is 2. The van der Waals surface area contributed by atoms with Gasteiger partial charge in [0.2, 0.25) is 0 Å². The van der Waals surface area contributed by atoms with Crippen molar-refractivity contribution >= 4 is 23.8 Å². The highest BCUT2D eigenvalue weighted by atomic mass is 16.6. The molecule has 8 heteroatoms. The van der Waals surface area contributed by atoms with E-state index in [9.17, 15) is 20.2 Å². The Bertz CT molecular complexity index is 721. The predicted molar refractivity (Wildman–Crippen MR) is 86.2 cm³/mol. The molecule has 0 aliphatic heterocycles. The van der Waals surface area contributed by atoms with Crippen molar-refractivity contribution < 1.29 is 9.85 Å². The Balaban J connectivity index is 1.96. The molecular weight excluding hydrogens is 300 g/mol. The zero-order valence-corrected chi connectivity index (χ0v) is 11.9. The van der Waals surface area contributed by atoms with E-state index in [1.165, 1.54) is 36.7 Å². The van der Waals surface area contributed by atoms with Crippen molar-refractivity contribution in [1.29, 1.82) is 0 Å². The summed E-state index contributed by atoms with van der Waals surface area (Å²) in [6, 6.07) is 12.2. The number of non-ortho nitro benzene ring substituents is 2. The third kappa shape index (κ3) is 4.81. The second-order valence-corrected chi connectivity index (χ2v) is 4.47. The van der Waals surface area contributed by atoms with E-state index in [1.54, 1.807) is 24.3 Å². The van der Waals surface area contributed by atoms with Crippen molar-refractivity contribution in [3.05, 3.63) is 79.9 Å². The molecule has 2 rings (SSSR count). The molecule has 116 valence electrons. The molecule has 0 unspecified atom stereocenters. The summed E-state index contributed by atoms with van der Waals surface area (Å²) < 4.78 is 0. The third-order valence-electron chi connectivity index (χ3n) is 2.81. The molecule has 0 radical (unpaired) electrons. The summed E-state index contributed by atoms with van der Waals surface area (Å²) in [5, 5.41) is 21.3. The molecule has 0 aliphatic carbocycles. The molecule has 23 heavy (non-hydrogen) atoms. The molecule has 2 aromatic rings. The van der Waals surface area contributed by atoms with Gasteiger partial charge in [0.15, 0.2) is 0 Å². The predicted octanol–water partition coefficient (Wildman–Crippen LogP) is 3.00. The van der Waals surface area contributed by atoms with Crippen LogP contribution < -0.4 is 0 Å². The smallest absolute Gasteiger partial charge is 0.269 e. The molecule has 0 heterocycles. The Hall–Kier alpha value is -3.42. The molecule has 0 fully saturated rings. The monoisotopic (exact) mass is 312 g/mol.